The highest BCUT2D eigenvalue weighted by Crippen LogP contribution is 2.36. The predicted molar refractivity (Wildman–Crippen MR) is 121 cm³/mol. The first-order valence-corrected chi connectivity index (χ1v) is 10.4. The van der Waals surface area contributed by atoms with Gasteiger partial charge in [0.05, 0.1) is 22.9 Å². The minimum absolute atomic E-state index is 0.0718. The number of aliphatic hydroxyl groups excluding tert-OH is 1. The first-order valence-electron chi connectivity index (χ1n) is 9.64. The molecule has 1 unspecified atom stereocenters. The van der Waals surface area contributed by atoms with E-state index in [1.807, 2.05) is 44.2 Å². The summed E-state index contributed by atoms with van der Waals surface area (Å²) in [4.78, 5) is 0. The van der Waals surface area contributed by atoms with E-state index in [1.54, 1.807) is 0 Å². The Kier molecular flexibility index (Phi) is 7.12. The Balaban J connectivity index is 1.62. The van der Waals surface area contributed by atoms with Gasteiger partial charge in [-0.3, -0.25) is 0 Å². The number of hydrogen-bond acceptors (Lipinski definition) is 4. The average Bonchev–Trinajstić information content (AvgIpc) is 2.61. The topological polar surface area (TPSA) is 53.5 Å². The summed E-state index contributed by atoms with van der Waals surface area (Å²) in [6.45, 7) is 8.79. The summed E-state index contributed by atoms with van der Waals surface area (Å²) < 4.78 is 5.68. The lowest BCUT2D eigenvalue weighted by molar-refractivity contribution is 0.242. The minimum atomic E-state index is 0.0718. The summed E-state index contributed by atoms with van der Waals surface area (Å²) in [6, 6.07) is 11.9. The molecule has 29 heavy (non-hydrogen) atoms. The molecule has 4 nitrogen and oxygen atoms in total. The third-order valence-electron chi connectivity index (χ3n) is 4.57. The van der Waals surface area contributed by atoms with Crippen molar-refractivity contribution in [2.45, 2.75) is 39.0 Å². The quantitative estimate of drug-likeness (QED) is 0.335. The Hall–Kier alpha value is -2.14. The smallest absolute Gasteiger partial charge is 0.138 e. The zero-order chi connectivity index (χ0) is 21.0. The molecule has 0 saturated carbocycles. The van der Waals surface area contributed by atoms with Crippen LogP contribution in [0.4, 0.5) is 0 Å². The molecule has 0 radical (unpaired) electrons. The van der Waals surface area contributed by atoms with Gasteiger partial charge in [-0.25, -0.2) is 0 Å². The van der Waals surface area contributed by atoms with E-state index in [0.29, 0.717) is 30.3 Å². The van der Waals surface area contributed by atoms with E-state index in [1.165, 1.54) is 0 Å². The van der Waals surface area contributed by atoms with Gasteiger partial charge in [0.15, 0.2) is 0 Å². The maximum atomic E-state index is 9.11. The van der Waals surface area contributed by atoms with Gasteiger partial charge in [0, 0.05) is 30.2 Å². The van der Waals surface area contributed by atoms with Crippen molar-refractivity contribution >= 4 is 28.9 Å². The summed E-state index contributed by atoms with van der Waals surface area (Å²) >= 11 is 12.8. The third-order valence-corrected chi connectivity index (χ3v) is 5.19. The molecule has 0 fully saturated rings. The van der Waals surface area contributed by atoms with Gasteiger partial charge in [0.25, 0.3) is 0 Å². The van der Waals surface area contributed by atoms with Gasteiger partial charge in [0.2, 0.25) is 0 Å². The number of hydrogen-bond donors (Lipinski definition) is 3. The van der Waals surface area contributed by atoms with Crippen LogP contribution < -0.4 is 15.4 Å². The molecule has 6 heteroatoms. The van der Waals surface area contributed by atoms with Crippen LogP contribution in [0.15, 0.2) is 54.8 Å². The van der Waals surface area contributed by atoms with Gasteiger partial charge >= 0.3 is 0 Å². The first-order chi connectivity index (χ1) is 13.8. The summed E-state index contributed by atoms with van der Waals surface area (Å²) in [6.07, 6.45) is 2.76. The second-order valence-electron chi connectivity index (χ2n) is 7.36. The molecule has 3 N–H and O–H groups in total. The fourth-order valence-corrected chi connectivity index (χ4v) is 3.64. The van der Waals surface area contributed by atoms with Crippen LogP contribution in [0, 0.1) is 0 Å². The number of rotatable bonds is 9. The Morgan fingerprint density at radius 3 is 2.59 bits per heavy atom. The lowest BCUT2D eigenvalue weighted by Gasteiger charge is -2.30. The molecule has 2 aromatic rings. The lowest BCUT2D eigenvalue weighted by atomic mass is 9.95. The molecule has 154 valence electrons. The molecule has 0 aromatic heterocycles. The van der Waals surface area contributed by atoms with Crippen molar-refractivity contribution in [3.8, 4) is 5.75 Å². The number of aliphatic hydroxyl groups is 1. The van der Waals surface area contributed by atoms with E-state index in [4.69, 9.17) is 33.0 Å². The number of halogens is 2. The summed E-state index contributed by atoms with van der Waals surface area (Å²) in [5.41, 5.74) is 4.18. The molecule has 1 atom stereocenters. The van der Waals surface area contributed by atoms with Crippen LogP contribution in [-0.4, -0.2) is 17.8 Å². The number of ether oxygens (including phenoxy) is 1. The molecule has 1 heterocycles. The van der Waals surface area contributed by atoms with Crippen LogP contribution in [0.2, 0.25) is 10.0 Å². The molecule has 0 aliphatic carbocycles. The van der Waals surface area contributed by atoms with Gasteiger partial charge in [-0.2, -0.15) is 0 Å². The second-order valence-corrected chi connectivity index (χ2v) is 8.18. The van der Waals surface area contributed by atoms with Crippen molar-refractivity contribution in [2.75, 3.05) is 6.54 Å². The van der Waals surface area contributed by atoms with Gasteiger partial charge in [0.1, 0.15) is 5.75 Å². The van der Waals surface area contributed by atoms with Gasteiger partial charge in [-0.1, -0.05) is 41.9 Å². The van der Waals surface area contributed by atoms with Crippen LogP contribution in [0.1, 0.15) is 43.0 Å². The largest absolute Gasteiger partial charge is 0.513 e. The fraction of sp³-hybridized carbons (Fsp3) is 0.304. The van der Waals surface area contributed by atoms with Gasteiger partial charge < -0.3 is 20.5 Å². The second kappa shape index (κ2) is 9.57. The number of nitrogens with one attached hydrogen (secondary N) is 2. The monoisotopic (exact) mass is 432 g/mol. The van der Waals surface area contributed by atoms with Crippen molar-refractivity contribution in [1.82, 2.24) is 10.6 Å². The zero-order valence-corrected chi connectivity index (χ0v) is 18.1. The van der Waals surface area contributed by atoms with E-state index in [2.05, 4.69) is 29.4 Å². The first kappa shape index (κ1) is 21.6. The molecule has 0 bridgehead atoms. The number of benzene rings is 2. The summed E-state index contributed by atoms with van der Waals surface area (Å²) in [7, 11) is 0. The molecular formula is C23H26Cl2N2O2. The molecule has 3 rings (SSSR count). The average molecular weight is 433 g/mol. The van der Waals surface area contributed by atoms with Crippen molar-refractivity contribution in [3.05, 3.63) is 81.5 Å². The summed E-state index contributed by atoms with van der Waals surface area (Å²) in [5, 5.41) is 17.1. The Bertz CT molecular complexity index is 925. The van der Waals surface area contributed by atoms with Crippen LogP contribution in [0.5, 0.6) is 5.75 Å². The molecule has 0 spiro atoms. The van der Waals surface area contributed by atoms with Crippen molar-refractivity contribution in [2.24, 2.45) is 0 Å². The van der Waals surface area contributed by atoms with Crippen LogP contribution in [0.3, 0.4) is 0 Å². The van der Waals surface area contributed by atoms with E-state index in [0.717, 1.165) is 27.4 Å². The molecule has 2 aromatic carbocycles. The Morgan fingerprint density at radius 1 is 1.21 bits per heavy atom. The van der Waals surface area contributed by atoms with E-state index in [-0.39, 0.29) is 17.9 Å². The van der Waals surface area contributed by atoms with Crippen LogP contribution in [0.25, 0.3) is 5.70 Å². The molecule has 0 amide bonds. The van der Waals surface area contributed by atoms with E-state index < -0.39 is 0 Å². The molecule has 1 aliphatic rings. The normalized spacial score (nSPS) is 15.5. The Morgan fingerprint density at radius 2 is 1.97 bits per heavy atom. The minimum Gasteiger partial charge on any atom is -0.513 e. The van der Waals surface area contributed by atoms with E-state index >= 15 is 0 Å². The van der Waals surface area contributed by atoms with Crippen molar-refractivity contribution < 1.29 is 9.84 Å². The van der Waals surface area contributed by atoms with Crippen LogP contribution in [-0.2, 0) is 6.54 Å². The highest BCUT2D eigenvalue weighted by molar-refractivity contribution is 6.32. The maximum Gasteiger partial charge on any atom is 0.138 e. The predicted octanol–water partition coefficient (Wildman–Crippen LogP) is 6.02. The molecule has 1 aliphatic heterocycles. The summed E-state index contributed by atoms with van der Waals surface area (Å²) in [5.74, 6) is 0.880. The highest BCUT2D eigenvalue weighted by atomic mass is 35.5. The lowest BCUT2D eigenvalue weighted by Crippen LogP contribution is -2.28. The van der Waals surface area contributed by atoms with Crippen LogP contribution >= 0.6 is 23.2 Å². The fourth-order valence-electron chi connectivity index (χ4n) is 3.09. The van der Waals surface area contributed by atoms with Gasteiger partial charge in [-0.15, -0.1) is 0 Å². The van der Waals surface area contributed by atoms with E-state index in [9.17, 15) is 0 Å². The maximum absolute atomic E-state index is 9.11. The van der Waals surface area contributed by atoms with Gasteiger partial charge in [-0.05, 0) is 60.9 Å². The zero-order valence-electron chi connectivity index (χ0n) is 16.6. The molecule has 0 saturated heterocycles. The standard InChI is InChI=1S/C23H26Cl2N2O2/c1-14(2)29-23-7-5-17(11-20(23)25)21-12-22(27-21)18-6-4-16(10-19(18)24)13-26-9-8-15(3)28/h4-7,10-12,14,22,26-28H,3,8-9,13H2,1-2H3. The molecular weight excluding hydrogens is 407 g/mol. The van der Waals surface area contributed by atoms with Crippen molar-refractivity contribution in [3.63, 3.8) is 0 Å². The SMILES string of the molecule is C=C(O)CCNCc1ccc(C2C=C(c3ccc(OC(C)C)c(Cl)c3)N2)c(Cl)c1. The van der Waals surface area contributed by atoms with Crippen molar-refractivity contribution in [1.29, 1.82) is 0 Å². The Labute approximate surface area is 182 Å². The highest BCUT2D eigenvalue weighted by Gasteiger charge is 2.23. The third kappa shape index (κ3) is 5.69.